The molecule has 130 valence electrons. The van der Waals surface area contributed by atoms with Crippen LogP contribution in [0.3, 0.4) is 0 Å². The van der Waals surface area contributed by atoms with Crippen molar-refractivity contribution in [3.63, 3.8) is 0 Å². The van der Waals surface area contributed by atoms with E-state index in [2.05, 4.69) is 25.4 Å². The Morgan fingerprint density at radius 3 is 3.08 bits per heavy atom. The molecule has 8 heteroatoms. The maximum Gasteiger partial charge on any atom is 0.278 e. The first-order valence-electron chi connectivity index (χ1n) is 8.19. The average molecular weight is 357 g/mol. The number of aromatic amines is 1. The molecule has 1 amide bonds. The zero-order chi connectivity index (χ0) is 17.2. The monoisotopic (exact) mass is 357 g/mol. The molecule has 0 bridgehead atoms. The lowest BCUT2D eigenvalue weighted by atomic mass is 10.1. The molecule has 0 saturated carbocycles. The van der Waals surface area contributed by atoms with Crippen LogP contribution in [-0.2, 0) is 11.3 Å². The summed E-state index contributed by atoms with van der Waals surface area (Å²) in [7, 11) is 0. The summed E-state index contributed by atoms with van der Waals surface area (Å²) in [4.78, 5) is 19.4. The van der Waals surface area contributed by atoms with Crippen molar-refractivity contribution in [2.75, 3.05) is 31.6 Å². The van der Waals surface area contributed by atoms with Crippen LogP contribution < -0.4 is 5.32 Å². The fourth-order valence-corrected chi connectivity index (χ4v) is 3.58. The molecule has 0 radical (unpaired) electrons. The van der Waals surface area contributed by atoms with Gasteiger partial charge in [0.15, 0.2) is 10.8 Å². The summed E-state index contributed by atoms with van der Waals surface area (Å²) in [5.74, 6) is -0.246. The predicted octanol–water partition coefficient (Wildman–Crippen LogP) is 2.41. The summed E-state index contributed by atoms with van der Waals surface area (Å²) in [6.45, 7) is 6.13. The topological polar surface area (TPSA) is 83.1 Å². The molecule has 0 unspecified atom stereocenters. The molecule has 0 aliphatic carbocycles. The highest BCUT2D eigenvalue weighted by molar-refractivity contribution is 7.14. The fraction of sp³-hybridized carbons (Fsp3) is 0.353. The lowest BCUT2D eigenvalue weighted by molar-refractivity contribution is 0.0337. The Kier molecular flexibility index (Phi) is 4.48. The van der Waals surface area contributed by atoms with E-state index in [1.165, 1.54) is 11.3 Å². The van der Waals surface area contributed by atoms with Gasteiger partial charge in [-0.05, 0) is 19.1 Å². The molecule has 3 heterocycles. The number of nitrogens with one attached hydrogen (secondary N) is 2. The van der Waals surface area contributed by atoms with Crippen molar-refractivity contribution in [1.29, 1.82) is 0 Å². The number of carbonyl (C=O) groups excluding carboxylic acids is 1. The number of carbonyl (C=O) groups is 1. The number of amides is 1. The standard InChI is InChI=1S/C17H19N5O2S/c1-11-2-3-14-13(8-11)15(21-20-14)16(23)19-17-18-12(10-25-17)9-22-4-6-24-7-5-22/h2-3,8,10H,4-7,9H2,1H3,(H,20,21)(H,18,19,23). The van der Waals surface area contributed by atoms with Gasteiger partial charge in [0.25, 0.3) is 5.91 Å². The zero-order valence-electron chi connectivity index (χ0n) is 13.9. The normalized spacial score (nSPS) is 15.6. The van der Waals surface area contributed by atoms with E-state index in [1.54, 1.807) is 0 Å². The molecule has 25 heavy (non-hydrogen) atoms. The smallest absolute Gasteiger partial charge is 0.278 e. The first kappa shape index (κ1) is 16.2. The molecule has 1 aromatic carbocycles. The SMILES string of the molecule is Cc1ccc2[nH]nc(C(=O)Nc3nc(CN4CCOCC4)cs3)c2c1. The molecular weight excluding hydrogens is 338 g/mol. The number of H-pyrrole nitrogens is 1. The van der Waals surface area contributed by atoms with E-state index in [0.29, 0.717) is 10.8 Å². The molecule has 3 aromatic rings. The van der Waals surface area contributed by atoms with Gasteiger partial charge in [-0.25, -0.2) is 4.98 Å². The highest BCUT2D eigenvalue weighted by atomic mass is 32.1. The molecule has 1 aliphatic rings. The van der Waals surface area contributed by atoms with Crippen LogP contribution in [0.2, 0.25) is 0 Å². The van der Waals surface area contributed by atoms with Crippen molar-refractivity contribution in [2.24, 2.45) is 0 Å². The Hall–Kier alpha value is -2.29. The van der Waals surface area contributed by atoms with Crippen molar-refractivity contribution in [3.8, 4) is 0 Å². The molecule has 2 N–H and O–H groups in total. The van der Waals surface area contributed by atoms with Crippen LogP contribution in [0.25, 0.3) is 10.9 Å². The van der Waals surface area contributed by atoms with E-state index in [0.717, 1.165) is 55.0 Å². The van der Waals surface area contributed by atoms with Crippen molar-refractivity contribution in [3.05, 3.63) is 40.5 Å². The van der Waals surface area contributed by atoms with Crippen molar-refractivity contribution in [2.45, 2.75) is 13.5 Å². The number of rotatable bonds is 4. The quantitative estimate of drug-likeness (QED) is 0.749. The summed E-state index contributed by atoms with van der Waals surface area (Å²) in [6, 6.07) is 5.87. The Morgan fingerprint density at radius 1 is 1.40 bits per heavy atom. The van der Waals surface area contributed by atoms with Gasteiger partial charge in [-0.15, -0.1) is 11.3 Å². The lowest BCUT2D eigenvalue weighted by Crippen LogP contribution is -2.35. The summed E-state index contributed by atoms with van der Waals surface area (Å²) >= 11 is 1.43. The molecule has 0 spiro atoms. The van der Waals surface area contributed by atoms with E-state index in [9.17, 15) is 4.79 Å². The van der Waals surface area contributed by atoms with Crippen LogP contribution in [0.15, 0.2) is 23.6 Å². The van der Waals surface area contributed by atoms with Gasteiger partial charge in [0.2, 0.25) is 0 Å². The number of thiazole rings is 1. The highest BCUT2D eigenvalue weighted by Gasteiger charge is 2.17. The Balaban J connectivity index is 1.46. The lowest BCUT2D eigenvalue weighted by Gasteiger charge is -2.25. The Labute approximate surface area is 149 Å². The molecule has 1 fully saturated rings. The maximum absolute atomic E-state index is 12.5. The van der Waals surface area contributed by atoms with Crippen molar-refractivity contribution in [1.82, 2.24) is 20.1 Å². The third-order valence-electron chi connectivity index (χ3n) is 4.19. The van der Waals surface area contributed by atoms with E-state index >= 15 is 0 Å². The second-order valence-corrected chi connectivity index (χ2v) is 6.97. The summed E-state index contributed by atoms with van der Waals surface area (Å²) in [5, 5.41) is 13.3. The van der Waals surface area contributed by atoms with Gasteiger partial charge in [0.1, 0.15) is 0 Å². The maximum atomic E-state index is 12.5. The van der Waals surface area contributed by atoms with E-state index in [4.69, 9.17) is 4.74 Å². The number of fused-ring (bicyclic) bond motifs is 1. The second-order valence-electron chi connectivity index (χ2n) is 6.11. The molecule has 0 atom stereocenters. The number of benzene rings is 1. The molecule has 4 rings (SSSR count). The number of morpholine rings is 1. The Bertz CT molecular complexity index is 897. The fourth-order valence-electron chi connectivity index (χ4n) is 2.88. The van der Waals surface area contributed by atoms with Gasteiger partial charge in [-0.3, -0.25) is 20.1 Å². The first-order chi connectivity index (χ1) is 12.2. The van der Waals surface area contributed by atoms with Crippen LogP contribution in [0, 0.1) is 6.92 Å². The van der Waals surface area contributed by atoms with Crippen LogP contribution in [-0.4, -0.2) is 52.3 Å². The number of hydrogen-bond donors (Lipinski definition) is 2. The van der Waals surface area contributed by atoms with E-state index in [-0.39, 0.29) is 5.91 Å². The number of anilines is 1. The number of nitrogens with zero attached hydrogens (tertiary/aromatic N) is 3. The van der Waals surface area contributed by atoms with Crippen LogP contribution >= 0.6 is 11.3 Å². The minimum atomic E-state index is -0.246. The second kappa shape index (κ2) is 6.91. The average Bonchev–Trinajstić information content (AvgIpc) is 3.22. The molecule has 7 nitrogen and oxygen atoms in total. The van der Waals surface area contributed by atoms with Gasteiger partial charge in [0, 0.05) is 30.4 Å². The number of ether oxygens (including phenoxy) is 1. The molecule has 2 aromatic heterocycles. The van der Waals surface area contributed by atoms with Gasteiger partial charge in [-0.1, -0.05) is 11.6 Å². The summed E-state index contributed by atoms with van der Waals surface area (Å²) in [5.41, 5.74) is 3.29. The minimum Gasteiger partial charge on any atom is -0.379 e. The largest absolute Gasteiger partial charge is 0.379 e. The first-order valence-corrected chi connectivity index (χ1v) is 9.07. The third-order valence-corrected chi connectivity index (χ3v) is 5.00. The third kappa shape index (κ3) is 3.55. The molecular formula is C17H19N5O2S. The van der Waals surface area contributed by atoms with Gasteiger partial charge in [-0.2, -0.15) is 5.10 Å². The van der Waals surface area contributed by atoms with Crippen molar-refractivity contribution < 1.29 is 9.53 Å². The number of aryl methyl sites for hydroxylation is 1. The molecule has 1 saturated heterocycles. The zero-order valence-corrected chi connectivity index (χ0v) is 14.7. The van der Waals surface area contributed by atoms with Crippen LogP contribution in [0.4, 0.5) is 5.13 Å². The Morgan fingerprint density at radius 2 is 2.24 bits per heavy atom. The summed E-state index contributed by atoms with van der Waals surface area (Å²) < 4.78 is 5.35. The van der Waals surface area contributed by atoms with Gasteiger partial charge >= 0.3 is 0 Å². The van der Waals surface area contributed by atoms with E-state index < -0.39 is 0 Å². The van der Waals surface area contributed by atoms with Crippen molar-refractivity contribution >= 4 is 33.3 Å². The van der Waals surface area contributed by atoms with E-state index in [1.807, 2.05) is 30.5 Å². The summed E-state index contributed by atoms with van der Waals surface area (Å²) in [6.07, 6.45) is 0. The minimum absolute atomic E-state index is 0.246. The van der Waals surface area contributed by atoms with Gasteiger partial charge < -0.3 is 4.74 Å². The highest BCUT2D eigenvalue weighted by Crippen LogP contribution is 2.21. The molecule has 1 aliphatic heterocycles. The number of aromatic nitrogens is 3. The predicted molar refractivity (Wildman–Crippen MR) is 97.0 cm³/mol. The van der Waals surface area contributed by atoms with Crippen LogP contribution in [0.1, 0.15) is 21.7 Å². The van der Waals surface area contributed by atoms with Gasteiger partial charge in [0.05, 0.1) is 24.4 Å². The van der Waals surface area contributed by atoms with Crippen LogP contribution in [0.5, 0.6) is 0 Å². The number of hydrogen-bond acceptors (Lipinski definition) is 6.